The van der Waals surface area contributed by atoms with Crippen molar-refractivity contribution in [2.24, 2.45) is 0 Å². The molecule has 114 valence electrons. The van der Waals surface area contributed by atoms with Crippen LogP contribution in [0.5, 0.6) is 11.5 Å². The number of fused-ring (bicyclic) bond motifs is 1. The SMILES string of the molecule is CC1OCCC1(O)CNC(=O)c1cc(Cl)c2c(c1)OCO2. The van der Waals surface area contributed by atoms with Crippen molar-refractivity contribution >= 4 is 17.5 Å². The van der Waals surface area contributed by atoms with Crippen LogP contribution in [0.3, 0.4) is 0 Å². The molecule has 1 aromatic rings. The molecular weight excluding hydrogens is 298 g/mol. The topological polar surface area (TPSA) is 77.0 Å². The van der Waals surface area contributed by atoms with Gasteiger partial charge in [-0.25, -0.2) is 0 Å². The molecular formula is C14H16ClNO5. The molecule has 2 atom stereocenters. The first-order valence-corrected chi connectivity index (χ1v) is 7.09. The average molecular weight is 314 g/mol. The summed E-state index contributed by atoms with van der Waals surface area (Å²) in [7, 11) is 0. The van der Waals surface area contributed by atoms with Crippen molar-refractivity contribution in [3.63, 3.8) is 0 Å². The lowest BCUT2D eigenvalue weighted by Gasteiger charge is -2.26. The quantitative estimate of drug-likeness (QED) is 0.880. The van der Waals surface area contributed by atoms with Gasteiger partial charge in [0, 0.05) is 25.1 Å². The highest BCUT2D eigenvalue weighted by molar-refractivity contribution is 6.32. The predicted molar refractivity (Wildman–Crippen MR) is 74.9 cm³/mol. The van der Waals surface area contributed by atoms with Crippen molar-refractivity contribution in [3.05, 3.63) is 22.7 Å². The van der Waals surface area contributed by atoms with E-state index in [0.717, 1.165) is 0 Å². The molecule has 2 N–H and O–H groups in total. The Hall–Kier alpha value is -1.50. The van der Waals surface area contributed by atoms with E-state index in [1.165, 1.54) is 6.07 Å². The molecule has 0 spiro atoms. The summed E-state index contributed by atoms with van der Waals surface area (Å²) in [6.45, 7) is 2.49. The molecule has 3 rings (SSSR count). The molecule has 0 aliphatic carbocycles. The molecule has 0 saturated carbocycles. The van der Waals surface area contributed by atoms with Crippen LogP contribution in [-0.2, 0) is 4.74 Å². The van der Waals surface area contributed by atoms with Gasteiger partial charge in [-0.2, -0.15) is 0 Å². The third kappa shape index (κ3) is 2.66. The van der Waals surface area contributed by atoms with Gasteiger partial charge in [0.2, 0.25) is 6.79 Å². The molecule has 1 aromatic carbocycles. The Balaban J connectivity index is 1.70. The Kier molecular flexibility index (Phi) is 3.69. The Morgan fingerprint density at radius 1 is 1.52 bits per heavy atom. The number of hydrogen-bond donors (Lipinski definition) is 2. The van der Waals surface area contributed by atoms with Gasteiger partial charge in [-0.05, 0) is 19.1 Å². The zero-order chi connectivity index (χ0) is 15.0. The van der Waals surface area contributed by atoms with Crippen LogP contribution < -0.4 is 14.8 Å². The summed E-state index contributed by atoms with van der Waals surface area (Å²) in [5.41, 5.74) is -0.671. The van der Waals surface area contributed by atoms with Crippen LogP contribution in [0.4, 0.5) is 0 Å². The predicted octanol–water partition coefficient (Wildman–Crippen LogP) is 1.34. The van der Waals surface area contributed by atoms with Crippen LogP contribution in [0.25, 0.3) is 0 Å². The summed E-state index contributed by atoms with van der Waals surface area (Å²) in [4.78, 5) is 12.2. The number of nitrogens with one attached hydrogen (secondary N) is 1. The van der Waals surface area contributed by atoms with Crippen LogP contribution in [0.15, 0.2) is 12.1 Å². The van der Waals surface area contributed by atoms with Gasteiger partial charge in [-0.1, -0.05) is 11.6 Å². The number of ether oxygens (including phenoxy) is 3. The molecule has 0 bridgehead atoms. The van der Waals surface area contributed by atoms with Gasteiger partial charge in [0.15, 0.2) is 11.5 Å². The van der Waals surface area contributed by atoms with E-state index >= 15 is 0 Å². The van der Waals surface area contributed by atoms with Crippen molar-refractivity contribution in [1.82, 2.24) is 5.32 Å². The number of hydrogen-bond acceptors (Lipinski definition) is 5. The van der Waals surface area contributed by atoms with E-state index in [-0.39, 0.29) is 25.3 Å². The minimum Gasteiger partial charge on any atom is -0.454 e. The molecule has 1 saturated heterocycles. The molecule has 0 aromatic heterocycles. The number of benzene rings is 1. The lowest BCUT2D eigenvalue weighted by Crippen LogP contribution is -2.47. The number of halogens is 1. The number of rotatable bonds is 3. The highest BCUT2D eigenvalue weighted by Gasteiger charge is 2.39. The van der Waals surface area contributed by atoms with Crippen molar-refractivity contribution < 1.29 is 24.1 Å². The van der Waals surface area contributed by atoms with Gasteiger partial charge in [0.1, 0.15) is 5.60 Å². The van der Waals surface area contributed by atoms with E-state index in [1.54, 1.807) is 13.0 Å². The molecule has 2 unspecified atom stereocenters. The van der Waals surface area contributed by atoms with Crippen molar-refractivity contribution in [3.8, 4) is 11.5 Å². The Morgan fingerprint density at radius 3 is 3.05 bits per heavy atom. The molecule has 1 fully saturated rings. The van der Waals surface area contributed by atoms with E-state index in [2.05, 4.69) is 5.32 Å². The standard InChI is InChI=1S/C14H16ClNO5/c1-8-14(18,2-3-19-8)6-16-13(17)9-4-10(15)12-11(5-9)20-7-21-12/h4-5,8,18H,2-3,6-7H2,1H3,(H,16,17). The summed E-state index contributed by atoms with van der Waals surface area (Å²) in [5, 5.41) is 13.4. The maximum atomic E-state index is 12.2. The first kappa shape index (κ1) is 14.4. The molecule has 2 aliphatic heterocycles. The second kappa shape index (κ2) is 5.36. The highest BCUT2D eigenvalue weighted by Crippen LogP contribution is 2.39. The summed E-state index contributed by atoms with van der Waals surface area (Å²) in [5.74, 6) is 0.566. The van der Waals surface area contributed by atoms with Gasteiger partial charge in [-0.3, -0.25) is 4.79 Å². The fourth-order valence-corrected chi connectivity index (χ4v) is 2.70. The number of amides is 1. The maximum Gasteiger partial charge on any atom is 0.251 e. The third-order valence-corrected chi connectivity index (χ3v) is 4.18. The average Bonchev–Trinajstić information content (AvgIpc) is 3.05. The smallest absolute Gasteiger partial charge is 0.251 e. The van der Waals surface area contributed by atoms with Crippen LogP contribution in [0, 0.1) is 0 Å². The lowest BCUT2D eigenvalue weighted by molar-refractivity contribution is -0.0251. The maximum absolute atomic E-state index is 12.2. The van der Waals surface area contributed by atoms with Crippen LogP contribution in [0.2, 0.25) is 5.02 Å². The highest BCUT2D eigenvalue weighted by atomic mass is 35.5. The zero-order valence-corrected chi connectivity index (χ0v) is 12.3. The van der Waals surface area contributed by atoms with Crippen LogP contribution in [0.1, 0.15) is 23.7 Å². The lowest BCUT2D eigenvalue weighted by atomic mass is 9.96. The first-order chi connectivity index (χ1) is 9.99. The van der Waals surface area contributed by atoms with Gasteiger partial charge < -0.3 is 24.6 Å². The van der Waals surface area contributed by atoms with Gasteiger partial charge in [0.05, 0.1) is 11.1 Å². The van der Waals surface area contributed by atoms with E-state index < -0.39 is 5.60 Å². The van der Waals surface area contributed by atoms with Crippen LogP contribution >= 0.6 is 11.6 Å². The fourth-order valence-electron chi connectivity index (χ4n) is 2.44. The molecule has 2 aliphatic rings. The van der Waals surface area contributed by atoms with Gasteiger partial charge in [0.25, 0.3) is 5.91 Å². The Morgan fingerprint density at radius 2 is 2.33 bits per heavy atom. The summed E-state index contributed by atoms with van der Waals surface area (Å²) in [6, 6.07) is 3.09. The molecule has 2 heterocycles. The minimum atomic E-state index is -1.03. The van der Waals surface area contributed by atoms with Crippen LogP contribution in [-0.4, -0.2) is 42.7 Å². The molecule has 7 heteroatoms. The second-order valence-corrected chi connectivity index (χ2v) is 5.65. The fraction of sp³-hybridized carbons (Fsp3) is 0.500. The molecule has 6 nitrogen and oxygen atoms in total. The minimum absolute atomic E-state index is 0.0920. The van der Waals surface area contributed by atoms with E-state index in [4.69, 9.17) is 25.8 Å². The number of aliphatic hydroxyl groups is 1. The second-order valence-electron chi connectivity index (χ2n) is 5.24. The molecule has 1 amide bonds. The van der Waals surface area contributed by atoms with E-state index in [9.17, 15) is 9.90 Å². The monoisotopic (exact) mass is 313 g/mol. The summed E-state index contributed by atoms with van der Waals surface area (Å²) in [6.07, 6.45) is 0.189. The summed E-state index contributed by atoms with van der Waals surface area (Å²) >= 11 is 6.04. The van der Waals surface area contributed by atoms with Crippen molar-refractivity contribution in [2.75, 3.05) is 19.9 Å². The van der Waals surface area contributed by atoms with Gasteiger partial charge >= 0.3 is 0 Å². The van der Waals surface area contributed by atoms with Crippen molar-refractivity contribution in [2.45, 2.75) is 25.0 Å². The largest absolute Gasteiger partial charge is 0.454 e. The first-order valence-electron chi connectivity index (χ1n) is 6.71. The molecule has 21 heavy (non-hydrogen) atoms. The normalized spacial score (nSPS) is 26.9. The third-order valence-electron chi connectivity index (χ3n) is 3.90. The van der Waals surface area contributed by atoms with E-state index in [0.29, 0.717) is 35.1 Å². The summed E-state index contributed by atoms with van der Waals surface area (Å²) < 4.78 is 15.7. The Bertz CT molecular complexity index is 579. The van der Waals surface area contributed by atoms with E-state index in [1.807, 2.05) is 0 Å². The van der Waals surface area contributed by atoms with Gasteiger partial charge in [-0.15, -0.1) is 0 Å². The zero-order valence-electron chi connectivity index (χ0n) is 11.5. The number of carbonyl (C=O) groups excluding carboxylic acids is 1. The Labute approximate surface area is 126 Å². The molecule has 0 radical (unpaired) electrons. The number of carbonyl (C=O) groups is 1. The van der Waals surface area contributed by atoms with Crippen molar-refractivity contribution in [1.29, 1.82) is 0 Å².